The van der Waals surface area contributed by atoms with E-state index in [4.69, 9.17) is 18.3 Å². The summed E-state index contributed by atoms with van der Waals surface area (Å²) in [6.07, 6.45) is -1.17. The number of para-hydroxylation sites is 1. The van der Waals surface area contributed by atoms with Gasteiger partial charge in [0, 0.05) is 5.56 Å². The van der Waals surface area contributed by atoms with E-state index < -0.39 is 56.6 Å². The first kappa shape index (κ1) is 50.7. The van der Waals surface area contributed by atoms with Gasteiger partial charge in [0.2, 0.25) is 0 Å². The molecule has 0 aliphatic carbocycles. The van der Waals surface area contributed by atoms with Crippen LogP contribution in [0.4, 0.5) is 0 Å². The monoisotopic (exact) mass is 1030 g/mol. The van der Waals surface area contributed by atoms with Crippen LogP contribution in [0.3, 0.4) is 0 Å². The number of hydrogen-bond donors (Lipinski definition) is 0. The van der Waals surface area contributed by atoms with Gasteiger partial charge < -0.3 is 18.3 Å². The van der Waals surface area contributed by atoms with E-state index in [1.54, 1.807) is 25.5 Å². The summed E-state index contributed by atoms with van der Waals surface area (Å²) in [5.41, 5.74) is -1.64. The van der Waals surface area contributed by atoms with Crippen LogP contribution in [0.5, 0.6) is 5.75 Å². The Kier molecular flexibility index (Phi) is 15.0. The van der Waals surface area contributed by atoms with E-state index >= 15 is 9.59 Å². The molecule has 0 bridgehead atoms. The number of carbonyl (C=O) groups is 1. The number of aryl methyl sites for hydroxylation is 1. The van der Waals surface area contributed by atoms with Crippen molar-refractivity contribution in [3.63, 3.8) is 0 Å². The molecule has 0 N–H and O–H groups in total. The van der Waals surface area contributed by atoms with Gasteiger partial charge >= 0.3 is 20.0 Å². The maximum atomic E-state index is 15.5. The van der Waals surface area contributed by atoms with Crippen LogP contribution in [-0.2, 0) is 30.5 Å². The van der Waals surface area contributed by atoms with Gasteiger partial charge in [-0.3, -0.25) is 14.2 Å². The average Bonchev–Trinajstić information content (AvgIpc) is 3.62. The molecule has 0 saturated heterocycles. The maximum Gasteiger partial charge on any atom is 0.333 e. The lowest BCUT2D eigenvalue weighted by atomic mass is 10.1. The first-order chi connectivity index (χ1) is 32.2. The van der Waals surface area contributed by atoms with Crippen molar-refractivity contribution in [2.24, 2.45) is 0 Å². The van der Waals surface area contributed by atoms with Gasteiger partial charge in [0.1, 0.15) is 22.2 Å². The number of fused-ring (bicyclic) bond motifs is 1. The van der Waals surface area contributed by atoms with Crippen molar-refractivity contribution >= 4 is 80.8 Å². The van der Waals surface area contributed by atoms with E-state index in [2.05, 4.69) is 106 Å². The largest absolute Gasteiger partial charge is 0.508 e. The van der Waals surface area contributed by atoms with Crippen LogP contribution in [0.25, 0.3) is 10.2 Å². The summed E-state index contributed by atoms with van der Waals surface area (Å²) in [6, 6.07) is 48.2. The van der Waals surface area contributed by atoms with Crippen molar-refractivity contribution in [1.82, 2.24) is 9.13 Å². The van der Waals surface area contributed by atoms with Crippen molar-refractivity contribution in [2.75, 3.05) is 13.7 Å². The number of thiophene rings is 1. The highest BCUT2D eigenvalue weighted by atomic mass is 79.9. The first-order valence-electron chi connectivity index (χ1n) is 23.0. The maximum absolute atomic E-state index is 15.5. The molecule has 1 unspecified atom stereocenters. The number of methoxy groups -OCH3 is 1. The van der Waals surface area contributed by atoms with E-state index in [0.29, 0.717) is 30.9 Å². The van der Waals surface area contributed by atoms with Crippen molar-refractivity contribution < 1.29 is 23.1 Å². The third kappa shape index (κ3) is 9.33. The second-order valence-corrected chi connectivity index (χ2v) is 30.8. The average molecular weight is 1030 g/mol. The molecule has 0 spiro atoms. The fraction of sp³-hybridized carbons (Fsp3) is 0.327. The van der Waals surface area contributed by atoms with Gasteiger partial charge in [-0.1, -0.05) is 181 Å². The van der Waals surface area contributed by atoms with Crippen LogP contribution in [0.15, 0.2) is 159 Å². The van der Waals surface area contributed by atoms with E-state index in [0.717, 1.165) is 25.3 Å². The molecule has 2 aromatic heterocycles. The first-order valence-corrected chi connectivity index (χ1v) is 28.5. The second kappa shape index (κ2) is 20.1. The molecule has 5 aromatic carbocycles. The van der Waals surface area contributed by atoms with Crippen LogP contribution in [-0.4, -0.2) is 51.6 Å². The van der Waals surface area contributed by atoms with Gasteiger partial charge in [0.15, 0.2) is 0 Å². The SMILES string of the molecule is COc1ccccc1[C@H](Cn1c(=O)n(C(C)(C)C(=O)O[Si](c2ccccc2)(c2ccccc2)C(C)(C)C)c(=O)c2c(C)c(Br)sc21)OCC(C)O[Si](c1ccccc1)(c1ccccc1)C(C)(C)C. The molecule has 0 radical (unpaired) electrons. The van der Waals surface area contributed by atoms with Crippen LogP contribution in [0, 0.1) is 6.92 Å². The Labute approximate surface area is 415 Å². The number of benzene rings is 5. The Hall–Kier alpha value is -5.16. The summed E-state index contributed by atoms with van der Waals surface area (Å²) >= 11 is 4.99. The highest BCUT2D eigenvalue weighted by molar-refractivity contribution is 9.11. The van der Waals surface area contributed by atoms with E-state index in [1.165, 1.54) is 11.3 Å². The Morgan fingerprint density at radius 1 is 0.676 bits per heavy atom. The summed E-state index contributed by atoms with van der Waals surface area (Å²) in [5, 5.41) is 3.60. The topological polar surface area (TPSA) is 98.0 Å². The van der Waals surface area contributed by atoms with Gasteiger partial charge in [-0.25, -0.2) is 9.36 Å². The molecule has 2 atom stereocenters. The smallest absolute Gasteiger partial charge is 0.333 e. The highest BCUT2D eigenvalue weighted by Gasteiger charge is 2.55. The highest BCUT2D eigenvalue weighted by Crippen LogP contribution is 2.40. The molecule has 0 aliphatic heterocycles. The van der Waals surface area contributed by atoms with Gasteiger partial charge in [-0.2, -0.15) is 0 Å². The number of ether oxygens (including phenoxy) is 2. The predicted octanol–water partition coefficient (Wildman–Crippen LogP) is 9.87. The number of nitrogens with zero attached hydrogens (tertiary/aromatic N) is 2. The van der Waals surface area contributed by atoms with Gasteiger partial charge in [0.05, 0.1) is 35.5 Å². The summed E-state index contributed by atoms with van der Waals surface area (Å²) in [4.78, 5) is 46.2. The summed E-state index contributed by atoms with van der Waals surface area (Å²) in [5.74, 6) is -0.107. The lowest BCUT2D eigenvalue weighted by Gasteiger charge is -2.44. The minimum atomic E-state index is -3.46. The van der Waals surface area contributed by atoms with Gasteiger partial charge in [-0.05, 0) is 86.1 Å². The summed E-state index contributed by atoms with van der Waals surface area (Å²) < 4.78 is 30.7. The number of rotatable bonds is 16. The number of hydrogen-bond acceptors (Lipinski definition) is 8. The number of aromatic nitrogens is 2. The zero-order chi connectivity index (χ0) is 49.2. The molecular weight excluding hydrogens is 969 g/mol. The fourth-order valence-electron chi connectivity index (χ4n) is 9.60. The van der Waals surface area contributed by atoms with E-state index in [-0.39, 0.29) is 18.2 Å². The van der Waals surface area contributed by atoms with E-state index in [9.17, 15) is 4.79 Å². The molecule has 7 rings (SSSR count). The molecule has 0 fully saturated rings. The molecular formula is C55H63BrN2O7SSi2. The van der Waals surface area contributed by atoms with Crippen LogP contribution in [0.2, 0.25) is 10.1 Å². The molecule has 0 saturated carbocycles. The lowest BCUT2D eigenvalue weighted by Crippen LogP contribution is -2.69. The standard InChI is InChI=1S/C55H63BrN2O7SSi2/c1-38(64-67(53(3,4)5,40-26-16-12-17-27-40)41-28-18-13-19-29-41)37-63-46(44-34-24-25-35-45(44)62-11)36-57-50-47(39(2)48(56)66-50)49(59)58(52(57)61)55(9,10)51(60)65-68(54(6,7)8,42-30-20-14-21-31-42)43-32-22-15-23-33-43/h12-35,38,46H,36-37H2,1-11H3/t38?,46-/m0/s1. The van der Waals surface area contributed by atoms with Crippen molar-refractivity contribution in [3.05, 3.63) is 181 Å². The third-order valence-electron chi connectivity index (χ3n) is 13.0. The molecule has 356 valence electrons. The summed E-state index contributed by atoms with van der Waals surface area (Å²) in [6.45, 7) is 20.2. The lowest BCUT2D eigenvalue weighted by molar-refractivity contribution is -0.144. The Bertz CT molecular complexity index is 2900. The van der Waals surface area contributed by atoms with Crippen LogP contribution >= 0.6 is 27.3 Å². The minimum Gasteiger partial charge on any atom is -0.508 e. The second-order valence-electron chi connectivity index (χ2n) is 20.0. The summed E-state index contributed by atoms with van der Waals surface area (Å²) in [7, 11) is -4.82. The zero-order valence-corrected chi connectivity index (χ0v) is 45.4. The Balaban J connectivity index is 1.34. The Morgan fingerprint density at radius 3 is 1.57 bits per heavy atom. The number of halogens is 1. The quantitative estimate of drug-likeness (QED) is 0.0890. The molecule has 13 heteroatoms. The Morgan fingerprint density at radius 2 is 1.12 bits per heavy atom. The molecule has 7 aromatic rings. The normalized spacial score (nSPS) is 13.6. The van der Waals surface area contributed by atoms with Gasteiger partial charge in [-0.15, -0.1) is 11.3 Å². The molecule has 0 aliphatic rings. The van der Waals surface area contributed by atoms with Crippen LogP contribution in [0.1, 0.15) is 79.5 Å². The van der Waals surface area contributed by atoms with Crippen molar-refractivity contribution in [3.8, 4) is 5.75 Å². The van der Waals surface area contributed by atoms with E-state index in [1.807, 2.05) is 111 Å². The third-order valence-corrected chi connectivity index (χ3v) is 25.3. The number of carbonyl (C=O) groups excluding carboxylic acids is 1. The molecule has 68 heavy (non-hydrogen) atoms. The molecule has 0 amide bonds. The van der Waals surface area contributed by atoms with Crippen LogP contribution < -0.4 is 36.7 Å². The minimum absolute atomic E-state index is 0.0197. The zero-order valence-electron chi connectivity index (χ0n) is 41.0. The van der Waals surface area contributed by atoms with Gasteiger partial charge in [0.25, 0.3) is 13.9 Å². The molecule has 2 heterocycles. The van der Waals surface area contributed by atoms with Crippen molar-refractivity contribution in [1.29, 1.82) is 0 Å². The fourth-order valence-corrected chi connectivity index (χ4v) is 20.4. The predicted molar refractivity (Wildman–Crippen MR) is 286 cm³/mol. The van der Waals surface area contributed by atoms with Crippen molar-refractivity contribution in [2.45, 2.75) is 104 Å². The molecule has 9 nitrogen and oxygen atoms in total.